The highest BCUT2D eigenvalue weighted by Crippen LogP contribution is 2.30. The van der Waals surface area contributed by atoms with Gasteiger partial charge in [0.05, 0.1) is 33.8 Å². The number of nitrogens with zero attached hydrogens (tertiary/aromatic N) is 5. The standard InChI is InChI=1S/C26H33N5O/c1-8-13-30(16-20-11-9-19(15-27)10-12-20)25(32)21-14-22(17(2)3)28-24-23(21)18(4)29-31(24)26(5,6)7/h9-12,14,17H,8,13,16H2,1-7H3. The molecule has 2 heterocycles. The molecule has 6 nitrogen and oxygen atoms in total. The first kappa shape index (κ1) is 23.5. The van der Waals surface area contributed by atoms with Crippen LogP contribution in [0.3, 0.4) is 0 Å². The Balaban J connectivity index is 2.13. The number of fused-ring (bicyclic) bond motifs is 1. The Labute approximate surface area is 190 Å². The molecule has 3 rings (SSSR count). The minimum Gasteiger partial charge on any atom is -0.334 e. The average Bonchev–Trinajstić information content (AvgIpc) is 3.10. The van der Waals surface area contributed by atoms with Crippen LogP contribution in [-0.4, -0.2) is 32.1 Å². The lowest BCUT2D eigenvalue weighted by molar-refractivity contribution is 0.0745. The summed E-state index contributed by atoms with van der Waals surface area (Å²) in [5.74, 6) is 0.176. The van der Waals surface area contributed by atoms with Crippen LogP contribution < -0.4 is 0 Å². The molecule has 0 unspecified atom stereocenters. The lowest BCUT2D eigenvalue weighted by atomic mass is 10.0. The van der Waals surface area contributed by atoms with Crippen LogP contribution in [-0.2, 0) is 12.1 Å². The van der Waals surface area contributed by atoms with E-state index in [0.717, 1.165) is 34.4 Å². The van der Waals surface area contributed by atoms with Gasteiger partial charge in [-0.1, -0.05) is 32.9 Å². The molecule has 1 aromatic carbocycles. The normalized spacial score (nSPS) is 11.7. The van der Waals surface area contributed by atoms with Gasteiger partial charge < -0.3 is 4.90 Å². The number of rotatable bonds is 6. The highest BCUT2D eigenvalue weighted by atomic mass is 16.2. The molecular weight excluding hydrogens is 398 g/mol. The number of amides is 1. The highest BCUT2D eigenvalue weighted by molar-refractivity contribution is 6.06. The van der Waals surface area contributed by atoms with E-state index in [0.29, 0.717) is 24.2 Å². The van der Waals surface area contributed by atoms with Crippen LogP contribution in [0.2, 0.25) is 0 Å². The molecule has 0 bridgehead atoms. The molecule has 0 radical (unpaired) electrons. The van der Waals surface area contributed by atoms with Crippen molar-refractivity contribution in [3.63, 3.8) is 0 Å². The van der Waals surface area contributed by atoms with Gasteiger partial charge in [-0.3, -0.25) is 4.79 Å². The molecule has 2 aromatic heterocycles. The molecule has 168 valence electrons. The highest BCUT2D eigenvalue weighted by Gasteiger charge is 2.27. The van der Waals surface area contributed by atoms with Crippen LogP contribution in [0.1, 0.15) is 86.8 Å². The van der Waals surface area contributed by atoms with E-state index < -0.39 is 0 Å². The van der Waals surface area contributed by atoms with Crippen molar-refractivity contribution in [2.24, 2.45) is 0 Å². The Morgan fingerprint density at radius 2 is 1.88 bits per heavy atom. The lowest BCUT2D eigenvalue weighted by Gasteiger charge is -2.24. The topological polar surface area (TPSA) is 74.8 Å². The van der Waals surface area contributed by atoms with Gasteiger partial charge in [-0.25, -0.2) is 9.67 Å². The second kappa shape index (κ2) is 9.12. The Bertz CT molecular complexity index is 1160. The number of hydrogen-bond acceptors (Lipinski definition) is 4. The quantitative estimate of drug-likeness (QED) is 0.513. The first-order chi connectivity index (χ1) is 15.1. The number of carbonyl (C=O) groups is 1. The fourth-order valence-corrected chi connectivity index (χ4v) is 3.84. The van der Waals surface area contributed by atoms with E-state index in [1.807, 2.05) is 34.7 Å². The molecule has 0 aliphatic heterocycles. The summed E-state index contributed by atoms with van der Waals surface area (Å²) < 4.78 is 1.94. The Hall–Kier alpha value is -3.20. The third-order valence-electron chi connectivity index (χ3n) is 5.53. The molecule has 0 saturated carbocycles. The summed E-state index contributed by atoms with van der Waals surface area (Å²) in [6.07, 6.45) is 0.855. The second-order valence-electron chi connectivity index (χ2n) is 9.65. The zero-order chi connectivity index (χ0) is 23.6. The van der Waals surface area contributed by atoms with Gasteiger partial charge in [0.25, 0.3) is 5.91 Å². The SMILES string of the molecule is CCCN(Cc1ccc(C#N)cc1)C(=O)c1cc(C(C)C)nc2c1c(C)nn2C(C)(C)C. The van der Waals surface area contributed by atoms with Gasteiger partial charge in [0.1, 0.15) is 0 Å². The third-order valence-corrected chi connectivity index (χ3v) is 5.53. The fraction of sp³-hybridized carbons (Fsp3) is 0.462. The number of pyridine rings is 1. The predicted molar refractivity (Wildman–Crippen MR) is 128 cm³/mol. The van der Waals surface area contributed by atoms with Gasteiger partial charge in [0, 0.05) is 18.8 Å². The molecule has 0 aliphatic carbocycles. The van der Waals surface area contributed by atoms with Crippen molar-refractivity contribution in [3.05, 3.63) is 58.4 Å². The molecule has 0 N–H and O–H groups in total. The lowest BCUT2D eigenvalue weighted by Crippen LogP contribution is -2.32. The molecule has 0 atom stereocenters. The molecule has 0 spiro atoms. The van der Waals surface area contributed by atoms with E-state index in [1.54, 1.807) is 12.1 Å². The monoisotopic (exact) mass is 431 g/mol. The largest absolute Gasteiger partial charge is 0.334 e. The number of carbonyl (C=O) groups excluding carboxylic acids is 1. The second-order valence-corrected chi connectivity index (χ2v) is 9.65. The number of aryl methyl sites for hydroxylation is 1. The van der Waals surface area contributed by atoms with E-state index in [9.17, 15) is 4.79 Å². The number of nitriles is 1. The van der Waals surface area contributed by atoms with E-state index in [4.69, 9.17) is 15.3 Å². The van der Waals surface area contributed by atoms with Crippen molar-refractivity contribution < 1.29 is 4.79 Å². The first-order valence-corrected chi connectivity index (χ1v) is 11.3. The molecule has 6 heteroatoms. The maximum absolute atomic E-state index is 13.9. The summed E-state index contributed by atoms with van der Waals surface area (Å²) >= 11 is 0. The maximum atomic E-state index is 13.9. The van der Waals surface area contributed by atoms with Crippen molar-refractivity contribution in [3.8, 4) is 6.07 Å². The minimum atomic E-state index is -0.249. The van der Waals surface area contributed by atoms with Crippen molar-refractivity contribution >= 4 is 16.9 Å². The van der Waals surface area contributed by atoms with Crippen molar-refractivity contribution in [1.29, 1.82) is 5.26 Å². The molecule has 3 aromatic rings. The summed E-state index contributed by atoms with van der Waals surface area (Å²) in [6.45, 7) is 15.6. The molecular formula is C26H33N5O. The minimum absolute atomic E-state index is 0.0120. The smallest absolute Gasteiger partial charge is 0.255 e. The van der Waals surface area contributed by atoms with E-state index in [-0.39, 0.29) is 17.4 Å². The molecule has 0 saturated heterocycles. The number of benzene rings is 1. The fourth-order valence-electron chi connectivity index (χ4n) is 3.84. The number of aromatic nitrogens is 3. The maximum Gasteiger partial charge on any atom is 0.255 e. The number of hydrogen-bond donors (Lipinski definition) is 0. The summed E-state index contributed by atoms with van der Waals surface area (Å²) in [5.41, 5.74) is 4.50. The van der Waals surface area contributed by atoms with Gasteiger partial charge in [-0.15, -0.1) is 0 Å². The Morgan fingerprint density at radius 3 is 2.41 bits per heavy atom. The van der Waals surface area contributed by atoms with Gasteiger partial charge in [-0.2, -0.15) is 10.4 Å². The zero-order valence-corrected chi connectivity index (χ0v) is 20.2. The van der Waals surface area contributed by atoms with Crippen molar-refractivity contribution in [2.75, 3.05) is 6.54 Å². The molecule has 32 heavy (non-hydrogen) atoms. The summed E-state index contributed by atoms with van der Waals surface area (Å²) in [7, 11) is 0. The summed E-state index contributed by atoms with van der Waals surface area (Å²) in [6, 6.07) is 11.5. The summed E-state index contributed by atoms with van der Waals surface area (Å²) in [4.78, 5) is 20.7. The predicted octanol–water partition coefficient (Wildman–Crippen LogP) is 5.54. The van der Waals surface area contributed by atoms with Crippen LogP contribution in [0.15, 0.2) is 30.3 Å². The van der Waals surface area contributed by atoms with E-state index in [2.05, 4.69) is 47.6 Å². The van der Waals surface area contributed by atoms with Crippen LogP contribution >= 0.6 is 0 Å². The van der Waals surface area contributed by atoms with Crippen LogP contribution in [0.5, 0.6) is 0 Å². The Morgan fingerprint density at radius 1 is 1.22 bits per heavy atom. The van der Waals surface area contributed by atoms with Gasteiger partial charge in [0.2, 0.25) is 0 Å². The molecule has 0 aliphatic rings. The van der Waals surface area contributed by atoms with Crippen LogP contribution in [0.25, 0.3) is 11.0 Å². The van der Waals surface area contributed by atoms with Crippen molar-refractivity contribution in [1.82, 2.24) is 19.7 Å². The molecule has 1 amide bonds. The zero-order valence-electron chi connectivity index (χ0n) is 20.2. The average molecular weight is 432 g/mol. The van der Waals surface area contributed by atoms with Crippen LogP contribution in [0.4, 0.5) is 0 Å². The van der Waals surface area contributed by atoms with E-state index >= 15 is 0 Å². The first-order valence-electron chi connectivity index (χ1n) is 11.3. The third kappa shape index (κ3) is 4.67. The van der Waals surface area contributed by atoms with E-state index in [1.165, 1.54) is 0 Å². The van der Waals surface area contributed by atoms with Crippen LogP contribution in [0, 0.1) is 18.3 Å². The van der Waals surface area contributed by atoms with Crippen molar-refractivity contribution in [2.45, 2.75) is 72.9 Å². The Kier molecular flexibility index (Phi) is 6.68. The summed E-state index contributed by atoms with van der Waals surface area (Å²) in [5, 5.41) is 14.7. The van der Waals surface area contributed by atoms with Gasteiger partial charge >= 0.3 is 0 Å². The molecule has 0 fully saturated rings. The van der Waals surface area contributed by atoms with Gasteiger partial charge in [-0.05, 0) is 63.8 Å². The van der Waals surface area contributed by atoms with Gasteiger partial charge in [0.15, 0.2) is 5.65 Å².